The SMILES string of the molecule is CCOc1ccc(C2CCCN2Cc2ccc(C(N)=O)cc2[N+](=O)[O-])cc1. The molecular formula is C20H23N3O4. The summed E-state index contributed by atoms with van der Waals surface area (Å²) in [5.74, 6) is 0.168. The Morgan fingerprint density at radius 1 is 1.30 bits per heavy atom. The Balaban J connectivity index is 1.82. The van der Waals surface area contributed by atoms with Gasteiger partial charge in [0, 0.05) is 29.8 Å². The predicted molar refractivity (Wildman–Crippen MR) is 102 cm³/mol. The zero-order chi connectivity index (χ0) is 19.4. The number of benzene rings is 2. The van der Waals surface area contributed by atoms with Gasteiger partial charge >= 0.3 is 0 Å². The first-order valence-corrected chi connectivity index (χ1v) is 9.03. The van der Waals surface area contributed by atoms with Crippen LogP contribution in [-0.4, -0.2) is 28.9 Å². The number of nitro groups is 1. The molecule has 1 unspecified atom stereocenters. The van der Waals surface area contributed by atoms with E-state index >= 15 is 0 Å². The Kier molecular flexibility index (Phi) is 5.71. The zero-order valence-electron chi connectivity index (χ0n) is 15.3. The van der Waals surface area contributed by atoms with Crippen LogP contribution in [0.1, 0.15) is 47.3 Å². The number of carbonyl (C=O) groups is 1. The zero-order valence-corrected chi connectivity index (χ0v) is 15.3. The molecule has 7 nitrogen and oxygen atoms in total. The number of nitro benzene ring substituents is 1. The first-order chi connectivity index (χ1) is 13.0. The number of likely N-dealkylation sites (tertiary alicyclic amines) is 1. The summed E-state index contributed by atoms with van der Waals surface area (Å²) in [5.41, 5.74) is 7.09. The van der Waals surface area contributed by atoms with Gasteiger partial charge in [-0.2, -0.15) is 0 Å². The van der Waals surface area contributed by atoms with Gasteiger partial charge in [0.2, 0.25) is 5.91 Å². The number of nitrogens with two attached hydrogens (primary N) is 1. The van der Waals surface area contributed by atoms with Crippen molar-refractivity contribution in [3.63, 3.8) is 0 Å². The molecule has 1 atom stereocenters. The van der Waals surface area contributed by atoms with Crippen molar-refractivity contribution in [2.24, 2.45) is 5.73 Å². The molecule has 3 rings (SSSR count). The van der Waals surface area contributed by atoms with E-state index in [4.69, 9.17) is 10.5 Å². The molecular weight excluding hydrogens is 346 g/mol. The van der Waals surface area contributed by atoms with Gasteiger partial charge in [0.05, 0.1) is 11.5 Å². The first-order valence-electron chi connectivity index (χ1n) is 9.03. The highest BCUT2D eigenvalue weighted by Crippen LogP contribution is 2.35. The topological polar surface area (TPSA) is 98.7 Å². The van der Waals surface area contributed by atoms with Crippen LogP contribution in [0.4, 0.5) is 5.69 Å². The molecule has 0 aromatic heterocycles. The minimum atomic E-state index is -0.668. The van der Waals surface area contributed by atoms with E-state index in [0.717, 1.165) is 25.1 Å². The van der Waals surface area contributed by atoms with Crippen LogP contribution in [0.3, 0.4) is 0 Å². The van der Waals surface area contributed by atoms with Crippen LogP contribution in [0, 0.1) is 10.1 Å². The van der Waals surface area contributed by atoms with E-state index in [1.54, 1.807) is 12.1 Å². The number of amides is 1. The van der Waals surface area contributed by atoms with Gasteiger partial charge in [0.1, 0.15) is 5.75 Å². The Hall–Kier alpha value is -2.93. The van der Waals surface area contributed by atoms with Gasteiger partial charge in [0.25, 0.3) is 5.69 Å². The smallest absolute Gasteiger partial charge is 0.274 e. The number of carbonyl (C=O) groups excluding carboxylic acids is 1. The number of primary amides is 1. The molecule has 1 aliphatic rings. The maximum Gasteiger partial charge on any atom is 0.274 e. The third-order valence-electron chi connectivity index (χ3n) is 4.88. The van der Waals surface area contributed by atoms with Crippen molar-refractivity contribution in [1.82, 2.24) is 4.90 Å². The van der Waals surface area contributed by atoms with E-state index in [1.165, 1.54) is 11.6 Å². The van der Waals surface area contributed by atoms with E-state index in [-0.39, 0.29) is 17.3 Å². The fourth-order valence-corrected chi connectivity index (χ4v) is 3.59. The summed E-state index contributed by atoms with van der Waals surface area (Å²) in [6.45, 7) is 3.89. The second kappa shape index (κ2) is 8.18. The predicted octanol–water partition coefficient (Wildman–Crippen LogP) is 3.43. The van der Waals surface area contributed by atoms with Crippen LogP contribution in [0.15, 0.2) is 42.5 Å². The molecule has 1 heterocycles. The normalized spacial score (nSPS) is 17.0. The van der Waals surface area contributed by atoms with Crippen LogP contribution in [0.5, 0.6) is 5.75 Å². The van der Waals surface area contributed by atoms with E-state index in [1.807, 2.05) is 19.1 Å². The summed E-state index contributed by atoms with van der Waals surface area (Å²) in [4.78, 5) is 24.5. The van der Waals surface area contributed by atoms with Crippen molar-refractivity contribution in [3.8, 4) is 5.75 Å². The minimum Gasteiger partial charge on any atom is -0.494 e. The summed E-state index contributed by atoms with van der Waals surface area (Å²) < 4.78 is 5.49. The van der Waals surface area contributed by atoms with Crippen LogP contribution in [0.2, 0.25) is 0 Å². The highest BCUT2D eigenvalue weighted by Gasteiger charge is 2.28. The van der Waals surface area contributed by atoms with Crippen LogP contribution in [0.25, 0.3) is 0 Å². The van der Waals surface area contributed by atoms with Crippen molar-refractivity contribution in [3.05, 3.63) is 69.3 Å². The Morgan fingerprint density at radius 2 is 2.04 bits per heavy atom. The molecule has 1 aliphatic heterocycles. The van der Waals surface area contributed by atoms with Gasteiger partial charge in [-0.25, -0.2) is 0 Å². The van der Waals surface area contributed by atoms with Crippen LogP contribution in [-0.2, 0) is 6.54 Å². The second-order valence-electron chi connectivity index (χ2n) is 6.60. The van der Waals surface area contributed by atoms with Crippen LogP contribution < -0.4 is 10.5 Å². The lowest BCUT2D eigenvalue weighted by molar-refractivity contribution is -0.385. The largest absolute Gasteiger partial charge is 0.494 e. The van der Waals surface area contributed by atoms with Gasteiger partial charge in [-0.1, -0.05) is 18.2 Å². The highest BCUT2D eigenvalue weighted by molar-refractivity contribution is 5.93. The van der Waals surface area contributed by atoms with Gasteiger partial charge in [-0.05, 0) is 50.1 Å². The third kappa shape index (κ3) is 4.25. The number of ether oxygens (including phenoxy) is 1. The fourth-order valence-electron chi connectivity index (χ4n) is 3.59. The molecule has 27 heavy (non-hydrogen) atoms. The maximum atomic E-state index is 11.4. The van der Waals surface area contributed by atoms with Gasteiger partial charge in [-0.15, -0.1) is 0 Å². The molecule has 1 fully saturated rings. The van der Waals surface area contributed by atoms with Crippen LogP contribution >= 0.6 is 0 Å². The van der Waals surface area contributed by atoms with Crippen molar-refractivity contribution < 1.29 is 14.5 Å². The number of hydrogen-bond donors (Lipinski definition) is 1. The molecule has 7 heteroatoms. The third-order valence-corrected chi connectivity index (χ3v) is 4.88. The second-order valence-corrected chi connectivity index (χ2v) is 6.60. The average Bonchev–Trinajstić information content (AvgIpc) is 3.10. The molecule has 2 N–H and O–H groups in total. The monoisotopic (exact) mass is 369 g/mol. The lowest BCUT2D eigenvalue weighted by Crippen LogP contribution is -2.23. The van der Waals surface area contributed by atoms with E-state index in [0.29, 0.717) is 18.7 Å². The molecule has 142 valence electrons. The van der Waals surface area contributed by atoms with Gasteiger partial charge < -0.3 is 10.5 Å². The highest BCUT2D eigenvalue weighted by atomic mass is 16.6. The summed E-state index contributed by atoms with van der Waals surface area (Å²) >= 11 is 0. The summed E-state index contributed by atoms with van der Waals surface area (Å²) in [6.07, 6.45) is 2.03. The summed E-state index contributed by atoms with van der Waals surface area (Å²) in [5, 5.41) is 11.4. The van der Waals surface area contributed by atoms with E-state index < -0.39 is 10.8 Å². The summed E-state index contributed by atoms with van der Waals surface area (Å²) in [7, 11) is 0. The average molecular weight is 369 g/mol. The molecule has 0 aliphatic carbocycles. The van der Waals surface area contributed by atoms with Crippen molar-refractivity contribution in [2.45, 2.75) is 32.4 Å². The van der Waals surface area contributed by atoms with E-state index in [2.05, 4.69) is 17.0 Å². The molecule has 0 radical (unpaired) electrons. The Morgan fingerprint density at radius 3 is 2.67 bits per heavy atom. The standard InChI is InChI=1S/C20H23N3O4/c1-2-27-17-9-7-14(8-10-17)18-4-3-11-22(18)13-16-6-5-15(20(21)24)12-19(16)23(25)26/h5-10,12,18H,2-4,11,13H2,1H3,(H2,21,24). The first kappa shape index (κ1) is 18.8. The Labute approximate surface area is 157 Å². The molecule has 1 saturated heterocycles. The number of rotatable bonds is 7. The van der Waals surface area contributed by atoms with Crippen molar-refractivity contribution >= 4 is 11.6 Å². The van der Waals surface area contributed by atoms with Gasteiger partial charge in [0.15, 0.2) is 0 Å². The van der Waals surface area contributed by atoms with Crippen molar-refractivity contribution in [1.29, 1.82) is 0 Å². The molecule has 0 saturated carbocycles. The lowest BCUT2D eigenvalue weighted by atomic mass is 10.0. The van der Waals surface area contributed by atoms with Crippen molar-refractivity contribution in [2.75, 3.05) is 13.2 Å². The molecule has 2 aromatic carbocycles. The van der Waals surface area contributed by atoms with E-state index in [9.17, 15) is 14.9 Å². The molecule has 0 bridgehead atoms. The molecule has 0 spiro atoms. The fraction of sp³-hybridized carbons (Fsp3) is 0.350. The van der Waals surface area contributed by atoms with Gasteiger partial charge in [-0.3, -0.25) is 19.8 Å². The number of nitrogens with zero attached hydrogens (tertiary/aromatic N) is 2. The lowest BCUT2D eigenvalue weighted by Gasteiger charge is -2.25. The molecule has 2 aromatic rings. The number of hydrogen-bond acceptors (Lipinski definition) is 5. The Bertz CT molecular complexity index is 836. The summed E-state index contributed by atoms with van der Waals surface area (Å²) in [6, 6.07) is 12.7. The molecule has 1 amide bonds. The maximum absolute atomic E-state index is 11.4. The quantitative estimate of drug-likeness (QED) is 0.595. The minimum absolute atomic E-state index is 0.0661.